The molecule has 0 saturated heterocycles. The number of pyridine rings is 1. The van der Waals surface area contributed by atoms with Gasteiger partial charge in [-0.05, 0) is 29.2 Å². The summed E-state index contributed by atoms with van der Waals surface area (Å²) >= 11 is 0. The normalized spacial score (nSPS) is 23.2. The summed E-state index contributed by atoms with van der Waals surface area (Å²) in [6, 6.07) is 0. The predicted molar refractivity (Wildman–Crippen MR) is 77.1 cm³/mol. The van der Waals surface area contributed by atoms with Crippen LogP contribution < -0.4 is 0 Å². The van der Waals surface area contributed by atoms with E-state index in [0.717, 1.165) is 29.7 Å². The molecule has 0 atom stereocenters. The second-order valence-electron chi connectivity index (χ2n) is 7.85. The molecular weight excluding hydrogens is 250 g/mol. The lowest BCUT2D eigenvalue weighted by Crippen LogP contribution is -2.34. The molecule has 0 bridgehead atoms. The number of ketones is 2. The number of aromatic nitrogens is 1. The Labute approximate surface area is 119 Å². The molecule has 106 valence electrons. The van der Waals surface area contributed by atoms with Crippen LogP contribution in [0.4, 0.5) is 0 Å². The van der Waals surface area contributed by atoms with Gasteiger partial charge in [-0.15, -0.1) is 0 Å². The highest BCUT2D eigenvalue weighted by Crippen LogP contribution is 2.41. The Bertz CT molecular complexity index is 626. The summed E-state index contributed by atoms with van der Waals surface area (Å²) in [5.74, 6) is 0.287. The monoisotopic (exact) mass is 271 g/mol. The van der Waals surface area contributed by atoms with Gasteiger partial charge in [0.15, 0.2) is 11.6 Å². The van der Waals surface area contributed by atoms with Crippen LogP contribution in [0.25, 0.3) is 0 Å². The Balaban J connectivity index is 2.20. The van der Waals surface area contributed by atoms with Crippen molar-refractivity contribution in [3.8, 4) is 0 Å². The molecule has 0 N–H and O–H groups in total. The molecule has 0 saturated carbocycles. The molecule has 0 radical (unpaired) electrons. The minimum atomic E-state index is -0.0630. The lowest BCUT2D eigenvalue weighted by Gasteiger charge is -2.35. The third-order valence-corrected chi connectivity index (χ3v) is 4.42. The van der Waals surface area contributed by atoms with E-state index < -0.39 is 0 Å². The van der Waals surface area contributed by atoms with Crippen LogP contribution in [0.1, 0.15) is 72.5 Å². The van der Waals surface area contributed by atoms with E-state index in [9.17, 15) is 9.59 Å². The average molecular weight is 271 g/mol. The molecule has 2 aliphatic rings. The molecule has 0 aliphatic heterocycles. The van der Waals surface area contributed by atoms with Gasteiger partial charge in [0, 0.05) is 30.2 Å². The van der Waals surface area contributed by atoms with Crippen molar-refractivity contribution in [1.29, 1.82) is 0 Å². The fourth-order valence-electron chi connectivity index (χ4n) is 3.59. The van der Waals surface area contributed by atoms with Crippen LogP contribution in [0.3, 0.4) is 0 Å². The first-order valence-corrected chi connectivity index (χ1v) is 7.26. The van der Waals surface area contributed by atoms with Crippen molar-refractivity contribution in [1.82, 2.24) is 4.98 Å². The molecule has 20 heavy (non-hydrogen) atoms. The smallest absolute Gasteiger partial charge is 0.165 e. The molecule has 3 heteroatoms. The number of fused-ring (bicyclic) bond motifs is 3. The maximum atomic E-state index is 12.5. The molecule has 0 unspecified atom stereocenters. The molecule has 3 nitrogen and oxygen atoms in total. The third kappa shape index (κ3) is 2.09. The number of nitrogens with zero attached hydrogens (tertiary/aromatic N) is 1. The van der Waals surface area contributed by atoms with E-state index in [4.69, 9.17) is 0 Å². The standard InChI is InChI=1S/C17H21NO2/c1-16(2)5-10-11(13(19)7-16)9-18-12-6-17(3,4)8-14(20)15(10)12/h9H,5-8H2,1-4H3. The molecule has 0 spiro atoms. The van der Waals surface area contributed by atoms with Gasteiger partial charge in [0.2, 0.25) is 0 Å². The van der Waals surface area contributed by atoms with E-state index in [1.165, 1.54) is 0 Å². The van der Waals surface area contributed by atoms with Crippen molar-refractivity contribution in [2.45, 2.75) is 53.4 Å². The number of carbonyl (C=O) groups is 2. The first-order chi connectivity index (χ1) is 9.19. The summed E-state index contributed by atoms with van der Waals surface area (Å²) in [6.45, 7) is 8.39. The molecule has 3 rings (SSSR count). The van der Waals surface area contributed by atoms with Gasteiger partial charge in [-0.3, -0.25) is 14.6 Å². The summed E-state index contributed by atoms with van der Waals surface area (Å²) in [5.41, 5.74) is 3.18. The van der Waals surface area contributed by atoms with Crippen LogP contribution in [0.5, 0.6) is 0 Å². The largest absolute Gasteiger partial charge is 0.294 e. The average Bonchev–Trinajstić information content (AvgIpc) is 2.23. The SMILES string of the molecule is CC1(C)CC(=O)c2c(ncc3c2CC(C)(C)CC3=O)C1. The molecule has 1 aromatic heterocycles. The van der Waals surface area contributed by atoms with Crippen LogP contribution in [0.2, 0.25) is 0 Å². The minimum Gasteiger partial charge on any atom is -0.294 e. The third-order valence-electron chi connectivity index (χ3n) is 4.42. The summed E-state index contributed by atoms with van der Waals surface area (Å²) in [7, 11) is 0. The van der Waals surface area contributed by atoms with Gasteiger partial charge < -0.3 is 0 Å². The highest BCUT2D eigenvalue weighted by Gasteiger charge is 2.39. The fourth-order valence-corrected chi connectivity index (χ4v) is 3.59. The van der Waals surface area contributed by atoms with Crippen LogP contribution in [0, 0.1) is 10.8 Å². The number of carbonyl (C=O) groups excluding carboxylic acids is 2. The molecule has 0 amide bonds. The first kappa shape index (κ1) is 13.5. The van der Waals surface area contributed by atoms with Crippen LogP contribution in [-0.4, -0.2) is 16.6 Å². The minimum absolute atomic E-state index is 0.0283. The molecule has 2 aliphatic carbocycles. The summed E-state index contributed by atoms with van der Waals surface area (Å²) < 4.78 is 0. The topological polar surface area (TPSA) is 47.0 Å². The zero-order chi connectivity index (χ0) is 14.7. The predicted octanol–water partition coefficient (Wildman–Crippen LogP) is 3.39. The van der Waals surface area contributed by atoms with Crippen LogP contribution in [0.15, 0.2) is 6.20 Å². The van der Waals surface area contributed by atoms with Gasteiger partial charge >= 0.3 is 0 Å². The Kier molecular flexibility index (Phi) is 2.69. The van der Waals surface area contributed by atoms with E-state index in [1.807, 2.05) is 0 Å². The number of rotatable bonds is 0. The number of Topliss-reactive ketones (excluding diaryl/α,β-unsaturated/α-hetero) is 2. The number of hydrogen-bond donors (Lipinski definition) is 0. The zero-order valence-electron chi connectivity index (χ0n) is 12.7. The van der Waals surface area contributed by atoms with Crippen molar-refractivity contribution in [3.63, 3.8) is 0 Å². The van der Waals surface area contributed by atoms with E-state index in [1.54, 1.807) is 6.20 Å². The van der Waals surface area contributed by atoms with Gasteiger partial charge in [0.05, 0.1) is 5.69 Å². The Morgan fingerprint density at radius 1 is 0.900 bits per heavy atom. The van der Waals surface area contributed by atoms with E-state index in [2.05, 4.69) is 32.7 Å². The molecule has 1 heterocycles. The molecule has 1 aromatic rings. The zero-order valence-corrected chi connectivity index (χ0v) is 12.7. The van der Waals surface area contributed by atoms with Crippen LogP contribution in [-0.2, 0) is 12.8 Å². The second-order valence-corrected chi connectivity index (χ2v) is 7.85. The van der Waals surface area contributed by atoms with Crippen molar-refractivity contribution < 1.29 is 9.59 Å². The Hall–Kier alpha value is -1.51. The Morgan fingerprint density at radius 2 is 1.50 bits per heavy atom. The van der Waals surface area contributed by atoms with E-state index in [0.29, 0.717) is 18.4 Å². The first-order valence-electron chi connectivity index (χ1n) is 7.26. The van der Waals surface area contributed by atoms with Gasteiger partial charge in [0.25, 0.3) is 0 Å². The maximum Gasteiger partial charge on any atom is 0.165 e. The second kappa shape index (κ2) is 4.00. The summed E-state index contributed by atoms with van der Waals surface area (Å²) in [4.78, 5) is 29.2. The van der Waals surface area contributed by atoms with Crippen LogP contribution >= 0.6 is 0 Å². The van der Waals surface area contributed by atoms with Crippen molar-refractivity contribution >= 4 is 11.6 Å². The summed E-state index contributed by atoms with van der Waals surface area (Å²) in [5, 5.41) is 0. The quantitative estimate of drug-likeness (QED) is 0.726. The highest BCUT2D eigenvalue weighted by atomic mass is 16.1. The van der Waals surface area contributed by atoms with Crippen molar-refractivity contribution in [2.24, 2.45) is 10.8 Å². The van der Waals surface area contributed by atoms with Gasteiger partial charge in [-0.1, -0.05) is 27.7 Å². The molecular formula is C17H21NO2. The highest BCUT2D eigenvalue weighted by molar-refractivity contribution is 6.06. The molecule has 0 fully saturated rings. The fraction of sp³-hybridized carbons (Fsp3) is 0.588. The Morgan fingerprint density at radius 3 is 2.20 bits per heavy atom. The lowest BCUT2D eigenvalue weighted by atomic mass is 9.68. The van der Waals surface area contributed by atoms with Gasteiger partial charge in [0.1, 0.15) is 0 Å². The van der Waals surface area contributed by atoms with Crippen molar-refractivity contribution in [2.75, 3.05) is 0 Å². The maximum absolute atomic E-state index is 12.5. The summed E-state index contributed by atoms with van der Waals surface area (Å²) in [6.07, 6.45) is 4.40. The van der Waals surface area contributed by atoms with Crippen molar-refractivity contribution in [3.05, 3.63) is 28.6 Å². The van der Waals surface area contributed by atoms with Gasteiger partial charge in [-0.25, -0.2) is 0 Å². The number of hydrogen-bond acceptors (Lipinski definition) is 3. The van der Waals surface area contributed by atoms with E-state index in [-0.39, 0.29) is 22.4 Å². The van der Waals surface area contributed by atoms with E-state index >= 15 is 0 Å². The van der Waals surface area contributed by atoms with Gasteiger partial charge in [-0.2, -0.15) is 0 Å². The molecule has 0 aromatic carbocycles. The lowest BCUT2D eigenvalue weighted by molar-refractivity contribution is 0.0898.